The molecule has 7 heteroatoms. The minimum atomic E-state index is -0.122. The second-order valence-electron chi connectivity index (χ2n) is 7.81. The number of fused-ring (bicyclic) bond motifs is 1. The summed E-state index contributed by atoms with van der Waals surface area (Å²) in [6.07, 6.45) is 4.96. The van der Waals surface area contributed by atoms with Gasteiger partial charge in [0, 0.05) is 39.8 Å². The number of carbonyl (C=O) groups is 1. The number of hydrogen-bond acceptors (Lipinski definition) is 5. The predicted molar refractivity (Wildman–Crippen MR) is 93.3 cm³/mol. The third kappa shape index (κ3) is 3.81. The summed E-state index contributed by atoms with van der Waals surface area (Å²) in [4.78, 5) is 19.1. The molecule has 2 amide bonds. The monoisotopic (exact) mass is 350 g/mol. The maximum Gasteiger partial charge on any atom is 0.317 e. The Balaban J connectivity index is 1.66. The van der Waals surface area contributed by atoms with E-state index in [-0.39, 0.29) is 11.4 Å². The third-order valence-electron chi connectivity index (χ3n) is 5.46. The van der Waals surface area contributed by atoms with Gasteiger partial charge < -0.3 is 19.5 Å². The average molecular weight is 350 g/mol. The first-order valence-electron chi connectivity index (χ1n) is 9.40. The molecular formula is C18H30N4O3. The fourth-order valence-corrected chi connectivity index (χ4v) is 4.22. The maximum absolute atomic E-state index is 12.5. The minimum Gasteiger partial charge on any atom is -0.385 e. The Kier molecular flexibility index (Phi) is 5.61. The number of amides is 2. The van der Waals surface area contributed by atoms with E-state index in [1.807, 2.05) is 4.90 Å². The highest BCUT2D eigenvalue weighted by Gasteiger charge is 2.54. The molecule has 1 aliphatic carbocycles. The number of nitrogens with one attached hydrogen (secondary N) is 1. The normalized spacial score (nSPS) is 25.6. The number of urea groups is 1. The van der Waals surface area contributed by atoms with Gasteiger partial charge >= 0.3 is 6.03 Å². The van der Waals surface area contributed by atoms with E-state index in [0.29, 0.717) is 37.4 Å². The van der Waals surface area contributed by atoms with Crippen molar-refractivity contribution in [3.63, 3.8) is 0 Å². The Bertz CT molecular complexity index is 589. The number of rotatable bonds is 7. The summed E-state index contributed by atoms with van der Waals surface area (Å²) in [6, 6.07) is 0.00998. The summed E-state index contributed by atoms with van der Waals surface area (Å²) in [7, 11) is 1.67. The number of nitrogens with zero attached hydrogens (tertiary/aromatic N) is 3. The summed E-state index contributed by atoms with van der Waals surface area (Å²) in [5.74, 6) is 2.44. The van der Waals surface area contributed by atoms with E-state index < -0.39 is 0 Å². The SMILES string of the molecule is COCCCNC(=O)N1C[C@H]2CCC[C@@]2(c2noc(CC(C)C)n2)C1. The van der Waals surface area contributed by atoms with Gasteiger partial charge in [-0.2, -0.15) is 4.98 Å². The third-order valence-corrected chi connectivity index (χ3v) is 5.46. The van der Waals surface area contributed by atoms with Gasteiger partial charge in [-0.25, -0.2) is 4.79 Å². The van der Waals surface area contributed by atoms with Crippen LogP contribution in [0.5, 0.6) is 0 Å². The van der Waals surface area contributed by atoms with E-state index >= 15 is 0 Å². The number of ether oxygens (including phenoxy) is 1. The van der Waals surface area contributed by atoms with Crippen LogP contribution in [0.1, 0.15) is 51.2 Å². The fourth-order valence-electron chi connectivity index (χ4n) is 4.22. The first kappa shape index (κ1) is 18.2. The number of methoxy groups -OCH3 is 1. The fraction of sp³-hybridized carbons (Fsp3) is 0.833. The number of carbonyl (C=O) groups excluding carboxylic acids is 1. The average Bonchev–Trinajstić information content (AvgIpc) is 3.24. The van der Waals surface area contributed by atoms with Crippen LogP contribution in [0.4, 0.5) is 4.79 Å². The van der Waals surface area contributed by atoms with Crippen LogP contribution in [0.25, 0.3) is 0 Å². The number of hydrogen-bond donors (Lipinski definition) is 1. The van der Waals surface area contributed by atoms with Gasteiger partial charge in [0.25, 0.3) is 0 Å². The highest BCUT2D eigenvalue weighted by Crippen LogP contribution is 2.49. The molecule has 25 heavy (non-hydrogen) atoms. The van der Waals surface area contributed by atoms with E-state index in [0.717, 1.165) is 38.1 Å². The van der Waals surface area contributed by atoms with Gasteiger partial charge in [0.15, 0.2) is 5.82 Å². The summed E-state index contributed by atoms with van der Waals surface area (Å²) in [6.45, 7) is 7.06. The molecule has 2 atom stereocenters. The lowest BCUT2D eigenvalue weighted by Crippen LogP contribution is -2.41. The number of likely N-dealkylation sites (tertiary alicyclic amines) is 1. The Morgan fingerprint density at radius 2 is 2.36 bits per heavy atom. The van der Waals surface area contributed by atoms with Gasteiger partial charge in [-0.05, 0) is 31.1 Å². The molecule has 1 aromatic rings. The first-order valence-corrected chi connectivity index (χ1v) is 9.40. The van der Waals surface area contributed by atoms with Crippen molar-refractivity contribution < 1.29 is 14.1 Å². The molecule has 1 saturated heterocycles. The Labute approximate surface area is 149 Å². The number of aromatic nitrogens is 2. The van der Waals surface area contributed by atoms with E-state index in [9.17, 15) is 4.79 Å². The second-order valence-corrected chi connectivity index (χ2v) is 7.81. The molecule has 0 aromatic carbocycles. The summed E-state index contributed by atoms with van der Waals surface area (Å²) < 4.78 is 10.5. The van der Waals surface area contributed by atoms with Crippen LogP contribution in [0.15, 0.2) is 4.52 Å². The highest BCUT2D eigenvalue weighted by atomic mass is 16.5. The molecule has 2 fully saturated rings. The predicted octanol–water partition coefficient (Wildman–Crippen LogP) is 2.37. The van der Waals surface area contributed by atoms with Crippen LogP contribution in [-0.4, -0.2) is 54.4 Å². The highest BCUT2D eigenvalue weighted by molar-refractivity contribution is 5.74. The van der Waals surface area contributed by atoms with Gasteiger partial charge in [-0.15, -0.1) is 0 Å². The molecule has 0 radical (unpaired) electrons. The lowest BCUT2D eigenvalue weighted by Gasteiger charge is -2.24. The second kappa shape index (κ2) is 7.72. The molecule has 2 heterocycles. The summed E-state index contributed by atoms with van der Waals surface area (Å²) in [5.41, 5.74) is -0.122. The van der Waals surface area contributed by atoms with Crippen molar-refractivity contribution >= 4 is 6.03 Å². The Morgan fingerprint density at radius 1 is 1.52 bits per heavy atom. The maximum atomic E-state index is 12.5. The minimum absolute atomic E-state index is 0.00998. The molecule has 1 saturated carbocycles. The summed E-state index contributed by atoms with van der Waals surface area (Å²) in [5, 5.41) is 7.30. The zero-order chi connectivity index (χ0) is 17.9. The standard InChI is InChI=1S/C18H30N4O3/c1-13(2)10-15-20-16(21-25-15)18-7-4-6-14(18)11-22(12-18)17(23)19-8-5-9-24-3/h13-14H,4-12H2,1-3H3,(H,19,23)/t14-,18-/m1/s1. The van der Waals surface area contributed by atoms with Crippen molar-refractivity contribution in [2.45, 2.75) is 51.4 Å². The van der Waals surface area contributed by atoms with Gasteiger partial charge in [0.05, 0.1) is 5.41 Å². The molecule has 1 aliphatic heterocycles. The van der Waals surface area contributed by atoms with Gasteiger partial charge in [0.2, 0.25) is 5.89 Å². The van der Waals surface area contributed by atoms with Crippen LogP contribution in [-0.2, 0) is 16.6 Å². The topological polar surface area (TPSA) is 80.5 Å². The zero-order valence-corrected chi connectivity index (χ0v) is 15.6. The zero-order valence-electron chi connectivity index (χ0n) is 15.6. The van der Waals surface area contributed by atoms with Crippen LogP contribution in [0, 0.1) is 11.8 Å². The molecule has 0 bridgehead atoms. The Hall–Kier alpha value is -1.63. The molecular weight excluding hydrogens is 320 g/mol. The van der Waals surface area contributed by atoms with Crippen molar-refractivity contribution in [2.75, 3.05) is 33.4 Å². The van der Waals surface area contributed by atoms with Crippen LogP contribution >= 0.6 is 0 Å². The molecule has 2 aliphatic rings. The molecule has 7 nitrogen and oxygen atoms in total. The van der Waals surface area contributed by atoms with Crippen LogP contribution in [0.3, 0.4) is 0 Å². The van der Waals surface area contributed by atoms with E-state index in [4.69, 9.17) is 14.2 Å². The smallest absolute Gasteiger partial charge is 0.317 e. The molecule has 0 unspecified atom stereocenters. The molecule has 140 valence electrons. The molecule has 1 aromatic heterocycles. The van der Waals surface area contributed by atoms with E-state index in [1.165, 1.54) is 6.42 Å². The van der Waals surface area contributed by atoms with Gasteiger partial charge in [0.1, 0.15) is 0 Å². The van der Waals surface area contributed by atoms with E-state index in [1.54, 1.807) is 7.11 Å². The van der Waals surface area contributed by atoms with Gasteiger partial charge in [-0.1, -0.05) is 25.4 Å². The quantitative estimate of drug-likeness (QED) is 0.764. The molecule has 0 spiro atoms. The van der Waals surface area contributed by atoms with Gasteiger partial charge in [-0.3, -0.25) is 0 Å². The van der Waals surface area contributed by atoms with Crippen LogP contribution < -0.4 is 5.32 Å². The van der Waals surface area contributed by atoms with Crippen molar-refractivity contribution in [3.05, 3.63) is 11.7 Å². The first-order chi connectivity index (χ1) is 12.0. The van der Waals surface area contributed by atoms with E-state index in [2.05, 4.69) is 24.3 Å². The largest absolute Gasteiger partial charge is 0.385 e. The lowest BCUT2D eigenvalue weighted by molar-refractivity contribution is 0.187. The van der Waals surface area contributed by atoms with Crippen molar-refractivity contribution in [1.29, 1.82) is 0 Å². The van der Waals surface area contributed by atoms with Crippen molar-refractivity contribution in [2.24, 2.45) is 11.8 Å². The van der Waals surface area contributed by atoms with Crippen molar-refractivity contribution in [3.8, 4) is 0 Å². The molecule has 1 N–H and O–H groups in total. The Morgan fingerprint density at radius 3 is 3.12 bits per heavy atom. The lowest BCUT2D eigenvalue weighted by atomic mass is 9.80. The van der Waals surface area contributed by atoms with Crippen molar-refractivity contribution in [1.82, 2.24) is 20.4 Å². The van der Waals surface area contributed by atoms with Crippen LogP contribution in [0.2, 0.25) is 0 Å². The summed E-state index contributed by atoms with van der Waals surface area (Å²) >= 11 is 0. The molecule has 3 rings (SSSR count).